The summed E-state index contributed by atoms with van der Waals surface area (Å²) in [6.07, 6.45) is 0.872. The van der Waals surface area contributed by atoms with Gasteiger partial charge < -0.3 is 4.74 Å². The van der Waals surface area contributed by atoms with Crippen molar-refractivity contribution in [1.82, 2.24) is 0 Å². The normalized spacial score (nSPS) is 12.4. The van der Waals surface area contributed by atoms with E-state index in [0.29, 0.717) is 6.61 Å². The molecule has 0 spiro atoms. The van der Waals surface area contributed by atoms with Gasteiger partial charge in [0.25, 0.3) is 0 Å². The van der Waals surface area contributed by atoms with Gasteiger partial charge in [0.2, 0.25) is 0 Å². The van der Waals surface area contributed by atoms with E-state index in [1.54, 1.807) is 0 Å². The summed E-state index contributed by atoms with van der Waals surface area (Å²) in [6.45, 7) is 4.63. The summed E-state index contributed by atoms with van der Waals surface area (Å²) in [4.78, 5) is 11.5. The Balaban J connectivity index is 2.36. The second-order valence-corrected chi connectivity index (χ2v) is 4.71. The number of carbonyl (C=O) groups excluding carboxylic acids is 1. The highest BCUT2D eigenvalue weighted by molar-refractivity contribution is 9.10. The molecular weight excluding hydrogens is 268 g/mol. The van der Waals surface area contributed by atoms with Crippen LogP contribution in [-0.2, 0) is 16.1 Å². The Labute approximate surface area is 105 Å². The van der Waals surface area contributed by atoms with Crippen molar-refractivity contribution in [2.75, 3.05) is 6.61 Å². The molecule has 0 aliphatic rings. The number of Topliss-reactive ketones (excluding diaryl/α,β-unsaturated/α-hetero) is 1. The lowest BCUT2D eigenvalue weighted by atomic mass is 10.1. The number of rotatable bonds is 6. The molecule has 0 N–H and O–H groups in total. The molecule has 0 aliphatic carbocycles. The molecule has 1 atom stereocenters. The summed E-state index contributed by atoms with van der Waals surface area (Å²) in [7, 11) is 0. The van der Waals surface area contributed by atoms with Crippen molar-refractivity contribution in [3.05, 3.63) is 34.3 Å². The highest BCUT2D eigenvalue weighted by atomic mass is 79.9. The van der Waals surface area contributed by atoms with Gasteiger partial charge in [-0.3, -0.25) is 4.79 Å². The van der Waals surface area contributed by atoms with Gasteiger partial charge in [0.1, 0.15) is 6.61 Å². The highest BCUT2D eigenvalue weighted by Crippen LogP contribution is 2.16. The van der Waals surface area contributed by atoms with Gasteiger partial charge in [-0.05, 0) is 18.1 Å². The number of hydrogen-bond acceptors (Lipinski definition) is 2. The minimum Gasteiger partial charge on any atom is -0.369 e. The quantitative estimate of drug-likeness (QED) is 0.798. The van der Waals surface area contributed by atoms with E-state index in [-0.39, 0.29) is 18.3 Å². The van der Waals surface area contributed by atoms with Crippen LogP contribution in [0.25, 0.3) is 0 Å². The van der Waals surface area contributed by atoms with E-state index in [4.69, 9.17) is 4.74 Å². The maximum Gasteiger partial charge on any atom is 0.161 e. The van der Waals surface area contributed by atoms with Crippen LogP contribution in [0.1, 0.15) is 25.8 Å². The fourth-order valence-corrected chi connectivity index (χ4v) is 1.65. The van der Waals surface area contributed by atoms with E-state index in [0.717, 1.165) is 16.5 Å². The third-order valence-corrected chi connectivity index (χ3v) is 3.40. The summed E-state index contributed by atoms with van der Waals surface area (Å²) in [5.74, 6) is 0.272. The van der Waals surface area contributed by atoms with Gasteiger partial charge in [-0.2, -0.15) is 0 Å². The molecule has 0 aliphatic heterocycles. The van der Waals surface area contributed by atoms with Crippen molar-refractivity contribution >= 4 is 21.7 Å². The van der Waals surface area contributed by atoms with Gasteiger partial charge >= 0.3 is 0 Å². The Hall–Kier alpha value is -0.670. The fourth-order valence-electron chi connectivity index (χ4n) is 1.25. The molecule has 0 fully saturated rings. The summed E-state index contributed by atoms with van der Waals surface area (Å²) < 4.78 is 6.43. The first-order valence-corrected chi connectivity index (χ1v) is 6.28. The van der Waals surface area contributed by atoms with E-state index in [9.17, 15) is 4.79 Å². The minimum absolute atomic E-state index is 0.0965. The second-order valence-electron chi connectivity index (χ2n) is 3.86. The Morgan fingerprint density at radius 1 is 1.44 bits per heavy atom. The van der Waals surface area contributed by atoms with Gasteiger partial charge in [-0.25, -0.2) is 0 Å². The maximum atomic E-state index is 11.5. The summed E-state index contributed by atoms with van der Waals surface area (Å²) in [6, 6.07) is 7.87. The average molecular weight is 285 g/mol. The monoisotopic (exact) mass is 284 g/mol. The zero-order chi connectivity index (χ0) is 12.0. The molecular formula is C13H17BrO2. The molecule has 1 unspecified atom stereocenters. The first-order valence-electron chi connectivity index (χ1n) is 5.49. The van der Waals surface area contributed by atoms with Crippen molar-refractivity contribution in [1.29, 1.82) is 0 Å². The molecule has 0 aromatic heterocycles. The van der Waals surface area contributed by atoms with Crippen molar-refractivity contribution in [3.63, 3.8) is 0 Å². The third kappa shape index (κ3) is 4.06. The number of ether oxygens (including phenoxy) is 1. The van der Waals surface area contributed by atoms with Crippen LogP contribution in [0, 0.1) is 5.92 Å². The molecule has 0 saturated carbocycles. The van der Waals surface area contributed by atoms with Crippen LogP contribution in [0.3, 0.4) is 0 Å². The van der Waals surface area contributed by atoms with E-state index in [2.05, 4.69) is 15.9 Å². The number of halogens is 1. The van der Waals surface area contributed by atoms with E-state index < -0.39 is 0 Å². The summed E-state index contributed by atoms with van der Waals surface area (Å²) >= 11 is 3.44. The molecule has 2 nitrogen and oxygen atoms in total. The lowest BCUT2D eigenvalue weighted by Crippen LogP contribution is -2.16. The molecule has 1 rings (SSSR count). The predicted octanol–water partition coefficient (Wildman–Crippen LogP) is 3.58. The number of hydrogen-bond donors (Lipinski definition) is 0. The molecule has 88 valence electrons. The minimum atomic E-state index is 0.0965. The Morgan fingerprint density at radius 3 is 2.75 bits per heavy atom. The molecule has 1 aromatic carbocycles. The van der Waals surface area contributed by atoms with Crippen LogP contribution in [0.2, 0.25) is 0 Å². The number of carbonyl (C=O) groups is 1. The van der Waals surface area contributed by atoms with E-state index >= 15 is 0 Å². The molecule has 0 heterocycles. The van der Waals surface area contributed by atoms with Gasteiger partial charge in [-0.1, -0.05) is 48.0 Å². The lowest BCUT2D eigenvalue weighted by Gasteiger charge is -2.09. The Bertz CT molecular complexity index is 350. The average Bonchev–Trinajstić information content (AvgIpc) is 2.30. The van der Waals surface area contributed by atoms with Crippen LogP contribution < -0.4 is 0 Å². The van der Waals surface area contributed by atoms with Crippen molar-refractivity contribution in [3.8, 4) is 0 Å². The van der Waals surface area contributed by atoms with Crippen molar-refractivity contribution in [2.24, 2.45) is 5.92 Å². The molecule has 16 heavy (non-hydrogen) atoms. The second kappa shape index (κ2) is 6.81. The predicted molar refractivity (Wildman–Crippen MR) is 68.3 cm³/mol. The van der Waals surface area contributed by atoms with Crippen LogP contribution in [0.4, 0.5) is 0 Å². The highest BCUT2D eigenvalue weighted by Gasteiger charge is 2.10. The molecule has 1 aromatic rings. The zero-order valence-corrected chi connectivity index (χ0v) is 11.3. The molecule has 0 amide bonds. The van der Waals surface area contributed by atoms with Crippen molar-refractivity contribution < 1.29 is 9.53 Å². The standard InChI is InChI=1S/C13H17BrO2/c1-3-10(2)13(15)9-16-8-11-6-4-5-7-12(11)14/h4-7,10H,3,8-9H2,1-2H3. The first kappa shape index (κ1) is 13.4. The maximum absolute atomic E-state index is 11.5. The Kier molecular flexibility index (Phi) is 5.71. The largest absolute Gasteiger partial charge is 0.369 e. The van der Waals surface area contributed by atoms with Crippen LogP contribution in [-0.4, -0.2) is 12.4 Å². The van der Waals surface area contributed by atoms with Crippen LogP contribution in [0.5, 0.6) is 0 Å². The lowest BCUT2D eigenvalue weighted by molar-refractivity contribution is -0.127. The summed E-state index contributed by atoms with van der Waals surface area (Å²) in [5, 5.41) is 0. The third-order valence-electron chi connectivity index (χ3n) is 2.62. The van der Waals surface area contributed by atoms with Gasteiger partial charge in [0, 0.05) is 10.4 Å². The molecule has 0 bridgehead atoms. The Morgan fingerprint density at radius 2 is 2.12 bits per heavy atom. The topological polar surface area (TPSA) is 26.3 Å². The number of ketones is 1. The van der Waals surface area contributed by atoms with E-state index in [1.165, 1.54) is 0 Å². The molecule has 0 radical (unpaired) electrons. The molecule has 0 saturated heterocycles. The van der Waals surface area contributed by atoms with Crippen LogP contribution >= 0.6 is 15.9 Å². The fraction of sp³-hybridized carbons (Fsp3) is 0.462. The van der Waals surface area contributed by atoms with Gasteiger partial charge in [0.05, 0.1) is 6.61 Å². The van der Waals surface area contributed by atoms with Gasteiger partial charge in [-0.15, -0.1) is 0 Å². The van der Waals surface area contributed by atoms with Gasteiger partial charge in [0.15, 0.2) is 5.78 Å². The zero-order valence-electron chi connectivity index (χ0n) is 9.70. The smallest absolute Gasteiger partial charge is 0.161 e. The SMILES string of the molecule is CCC(C)C(=O)COCc1ccccc1Br. The molecule has 3 heteroatoms. The van der Waals surface area contributed by atoms with E-state index in [1.807, 2.05) is 38.1 Å². The summed E-state index contributed by atoms with van der Waals surface area (Å²) in [5.41, 5.74) is 1.07. The first-order chi connectivity index (χ1) is 7.65. The number of benzene rings is 1. The van der Waals surface area contributed by atoms with Crippen LogP contribution in [0.15, 0.2) is 28.7 Å². The van der Waals surface area contributed by atoms with Crippen molar-refractivity contribution in [2.45, 2.75) is 26.9 Å².